The van der Waals surface area contributed by atoms with Crippen LogP contribution in [0.1, 0.15) is 19.8 Å². The summed E-state index contributed by atoms with van der Waals surface area (Å²) >= 11 is 1.71. The Morgan fingerprint density at radius 2 is 2.11 bits per heavy atom. The molecular formula is C15H18N2OS. The third kappa shape index (κ3) is 2.73. The largest absolute Gasteiger partial charge is 0.508 e. The number of aromatic hydroxyl groups is 1. The molecule has 0 amide bonds. The summed E-state index contributed by atoms with van der Waals surface area (Å²) in [7, 11) is 0. The first-order chi connectivity index (χ1) is 9.22. The van der Waals surface area contributed by atoms with E-state index in [2.05, 4.69) is 17.2 Å². The summed E-state index contributed by atoms with van der Waals surface area (Å²) in [5.41, 5.74) is 2.06. The van der Waals surface area contributed by atoms with Crippen LogP contribution in [0.3, 0.4) is 0 Å². The van der Waals surface area contributed by atoms with E-state index >= 15 is 0 Å². The fourth-order valence-electron chi connectivity index (χ4n) is 2.54. The molecule has 4 heteroatoms. The Morgan fingerprint density at radius 1 is 1.32 bits per heavy atom. The molecule has 0 spiro atoms. The van der Waals surface area contributed by atoms with Crippen molar-refractivity contribution >= 4 is 16.5 Å². The molecule has 100 valence electrons. The van der Waals surface area contributed by atoms with Gasteiger partial charge in [-0.1, -0.05) is 6.92 Å². The molecular weight excluding hydrogens is 256 g/mol. The van der Waals surface area contributed by atoms with Gasteiger partial charge in [-0.25, -0.2) is 4.98 Å². The van der Waals surface area contributed by atoms with Crippen LogP contribution in [-0.2, 0) is 0 Å². The normalized spacial score (nSPS) is 19.6. The highest BCUT2D eigenvalue weighted by atomic mass is 32.1. The van der Waals surface area contributed by atoms with E-state index in [0.717, 1.165) is 35.4 Å². The molecule has 1 N–H and O–H groups in total. The Hall–Kier alpha value is -1.55. The number of phenols is 1. The molecule has 1 aliphatic rings. The third-order valence-corrected chi connectivity index (χ3v) is 4.48. The first-order valence-corrected chi connectivity index (χ1v) is 7.60. The minimum absolute atomic E-state index is 0.295. The smallest absolute Gasteiger partial charge is 0.185 e. The number of hydrogen-bond acceptors (Lipinski definition) is 4. The van der Waals surface area contributed by atoms with Crippen LogP contribution < -0.4 is 4.90 Å². The second kappa shape index (κ2) is 5.21. The molecule has 3 rings (SSSR count). The van der Waals surface area contributed by atoms with Crippen LogP contribution in [0, 0.1) is 5.92 Å². The number of rotatable bonds is 2. The van der Waals surface area contributed by atoms with E-state index in [-0.39, 0.29) is 0 Å². The molecule has 2 heterocycles. The van der Waals surface area contributed by atoms with Gasteiger partial charge in [0.2, 0.25) is 0 Å². The van der Waals surface area contributed by atoms with Crippen molar-refractivity contribution in [3.05, 3.63) is 29.6 Å². The van der Waals surface area contributed by atoms with Crippen LogP contribution in [-0.4, -0.2) is 23.2 Å². The number of hydrogen-bond donors (Lipinski definition) is 1. The van der Waals surface area contributed by atoms with Crippen molar-refractivity contribution in [2.45, 2.75) is 19.8 Å². The van der Waals surface area contributed by atoms with E-state index in [1.807, 2.05) is 12.1 Å². The number of anilines is 1. The number of benzene rings is 1. The van der Waals surface area contributed by atoms with E-state index < -0.39 is 0 Å². The lowest BCUT2D eigenvalue weighted by Crippen LogP contribution is -2.34. The van der Waals surface area contributed by atoms with Crippen molar-refractivity contribution in [3.63, 3.8) is 0 Å². The highest BCUT2D eigenvalue weighted by molar-refractivity contribution is 7.14. The van der Waals surface area contributed by atoms with Crippen LogP contribution in [0.4, 0.5) is 5.13 Å². The fraction of sp³-hybridized carbons (Fsp3) is 0.400. The van der Waals surface area contributed by atoms with Crippen LogP contribution in [0.15, 0.2) is 29.6 Å². The second-order valence-corrected chi connectivity index (χ2v) is 6.09. The quantitative estimate of drug-likeness (QED) is 0.906. The molecule has 1 aliphatic heterocycles. The summed E-state index contributed by atoms with van der Waals surface area (Å²) < 4.78 is 0. The Balaban J connectivity index is 1.81. The molecule has 0 saturated carbocycles. The SMILES string of the molecule is C[C@H]1CCCN(c2nc(-c3ccc(O)cc3)cs2)C1. The summed E-state index contributed by atoms with van der Waals surface area (Å²) in [6.07, 6.45) is 2.59. The molecule has 1 atom stereocenters. The molecule has 1 aromatic heterocycles. The van der Waals surface area contributed by atoms with E-state index in [1.54, 1.807) is 23.5 Å². The summed E-state index contributed by atoms with van der Waals surface area (Å²) in [6.45, 7) is 4.54. The van der Waals surface area contributed by atoms with E-state index in [9.17, 15) is 5.11 Å². The van der Waals surface area contributed by atoms with Crippen LogP contribution in [0.25, 0.3) is 11.3 Å². The van der Waals surface area contributed by atoms with Gasteiger partial charge < -0.3 is 10.0 Å². The summed E-state index contributed by atoms with van der Waals surface area (Å²) in [5.74, 6) is 1.05. The van der Waals surface area contributed by atoms with Gasteiger partial charge in [0.25, 0.3) is 0 Å². The monoisotopic (exact) mass is 274 g/mol. The van der Waals surface area contributed by atoms with Gasteiger partial charge in [-0.3, -0.25) is 0 Å². The van der Waals surface area contributed by atoms with Gasteiger partial charge in [-0.2, -0.15) is 0 Å². The summed E-state index contributed by atoms with van der Waals surface area (Å²) in [6, 6.07) is 7.23. The van der Waals surface area contributed by atoms with Crippen molar-refractivity contribution in [1.82, 2.24) is 4.98 Å². The maximum absolute atomic E-state index is 9.32. The van der Waals surface area contributed by atoms with Crippen LogP contribution in [0.2, 0.25) is 0 Å². The first kappa shape index (κ1) is 12.5. The minimum atomic E-state index is 0.295. The standard InChI is InChI=1S/C15H18N2OS/c1-11-3-2-8-17(9-11)15-16-14(10-19-15)12-4-6-13(18)7-5-12/h4-7,10-11,18H,2-3,8-9H2,1H3/t11-/m0/s1. The minimum Gasteiger partial charge on any atom is -0.508 e. The zero-order chi connectivity index (χ0) is 13.2. The lowest BCUT2D eigenvalue weighted by molar-refractivity contribution is 0.446. The molecule has 1 fully saturated rings. The van der Waals surface area contributed by atoms with Gasteiger partial charge in [-0.05, 0) is 43.0 Å². The Labute approximate surface area is 117 Å². The Morgan fingerprint density at radius 3 is 2.84 bits per heavy atom. The molecule has 0 radical (unpaired) electrons. The predicted octanol–water partition coefficient (Wildman–Crippen LogP) is 3.75. The van der Waals surface area contributed by atoms with Gasteiger partial charge in [-0.15, -0.1) is 11.3 Å². The van der Waals surface area contributed by atoms with E-state index in [4.69, 9.17) is 4.98 Å². The molecule has 2 aromatic rings. The van der Waals surface area contributed by atoms with Crippen molar-refractivity contribution in [3.8, 4) is 17.0 Å². The van der Waals surface area contributed by atoms with Crippen molar-refractivity contribution in [2.75, 3.05) is 18.0 Å². The average Bonchev–Trinajstić information content (AvgIpc) is 2.89. The van der Waals surface area contributed by atoms with E-state index in [0.29, 0.717) is 5.75 Å². The molecule has 1 aromatic carbocycles. The summed E-state index contributed by atoms with van der Waals surface area (Å²) in [5, 5.41) is 12.5. The van der Waals surface area contributed by atoms with Gasteiger partial charge in [0.15, 0.2) is 5.13 Å². The van der Waals surface area contributed by atoms with Gasteiger partial charge in [0.05, 0.1) is 5.69 Å². The lowest BCUT2D eigenvalue weighted by atomic mass is 10.0. The molecule has 3 nitrogen and oxygen atoms in total. The zero-order valence-electron chi connectivity index (χ0n) is 11.0. The first-order valence-electron chi connectivity index (χ1n) is 6.72. The fourth-order valence-corrected chi connectivity index (χ4v) is 3.41. The Bertz CT molecular complexity index is 550. The van der Waals surface area contributed by atoms with E-state index in [1.165, 1.54) is 12.8 Å². The number of thiazole rings is 1. The number of nitrogens with zero attached hydrogens (tertiary/aromatic N) is 2. The maximum Gasteiger partial charge on any atom is 0.185 e. The number of piperidine rings is 1. The van der Waals surface area contributed by atoms with Gasteiger partial charge in [0.1, 0.15) is 5.75 Å². The summed E-state index contributed by atoms with van der Waals surface area (Å²) in [4.78, 5) is 7.12. The average molecular weight is 274 g/mol. The Kier molecular flexibility index (Phi) is 3.42. The number of phenolic OH excluding ortho intramolecular Hbond substituents is 1. The molecule has 1 saturated heterocycles. The van der Waals surface area contributed by atoms with Crippen LogP contribution >= 0.6 is 11.3 Å². The number of aromatic nitrogens is 1. The predicted molar refractivity (Wildman–Crippen MR) is 79.8 cm³/mol. The third-order valence-electron chi connectivity index (χ3n) is 3.58. The van der Waals surface area contributed by atoms with Crippen molar-refractivity contribution in [1.29, 1.82) is 0 Å². The molecule has 0 bridgehead atoms. The topological polar surface area (TPSA) is 36.4 Å². The molecule has 0 aliphatic carbocycles. The van der Waals surface area contributed by atoms with Crippen molar-refractivity contribution in [2.24, 2.45) is 5.92 Å². The van der Waals surface area contributed by atoms with Crippen molar-refractivity contribution < 1.29 is 5.11 Å². The zero-order valence-corrected chi connectivity index (χ0v) is 11.9. The lowest BCUT2D eigenvalue weighted by Gasteiger charge is -2.30. The van der Waals surface area contributed by atoms with Gasteiger partial charge in [0, 0.05) is 24.0 Å². The highest BCUT2D eigenvalue weighted by Crippen LogP contribution is 2.30. The maximum atomic E-state index is 9.32. The molecule has 0 unspecified atom stereocenters. The highest BCUT2D eigenvalue weighted by Gasteiger charge is 2.19. The van der Waals surface area contributed by atoms with Crippen LogP contribution in [0.5, 0.6) is 5.75 Å². The second-order valence-electron chi connectivity index (χ2n) is 5.26. The van der Waals surface area contributed by atoms with Gasteiger partial charge >= 0.3 is 0 Å². The molecule has 19 heavy (non-hydrogen) atoms.